The third-order valence-electron chi connectivity index (χ3n) is 9.06. The Kier molecular flexibility index (Phi) is 26.7. The fourth-order valence-electron chi connectivity index (χ4n) is 4.38. The molecular weight excluding hydrogens is 975 g/mol. The molecule has 24 heteroatoms. The lowest BCUT2D eigenvalue weighted by atomic mass is 10.2. The molecule has 1 N–H and O–H groups in total. The molecule has 0 radical (unpaired) electrons. The minimum absolute atomic E-state index is 0.0759. The van der Waals surface area contributed by atoms with E-state index in [1.807, 2.05) is 0 Å². The van der Waals surface area contributed by atoms with Gasteiger partial charge in [-0.05, 0) is 116 Å². The monoisotopic (exact) mass is 1050 g/mol. The van der Waals surface area contributed by atoms with Gasteiger partial charge in [0.05, 0.1) is 26.4 Å². The molecule has 0 aromatic carbocycles. The van der Waals surface area contributed by atoms with Crippen LogP contribution in [0.3, 0.4) is 0 Å². The number of carbonyl (C=O) groups excluding carboxylic acids is 5. The molecule has 0 saturated carbocycles. The zero-order chi connectivity index (χ0) is 50.0. The fraction of sp³-hybridized carbons (Fsp3) is 0.846. The van der Waals surface area contributed by atoms with Crippen LogP contribution in [0.1, 0.15) is 123 Å². The Morgan fingerprint density at radius 2 is 0.921 bits per heavy atom. The van der Waals surface area contributed by atoms with Gasteiger partial charge in [-0.25, -0.2) is 34.0 Å². The fourth-order valence-corrected chi connectivity index (χ4v) is 10.1. The zero-order valence-corrected chi connectivity index (χ0v) is 44.5. The molecule has 0 aromatic rings. The molecule has 0 bridgehead atoms. The molecule has 63 heavy (non-hydrogen) atoms. The van der Waals surface area contributed by atoms with E-state index in [4.69, 9.17) is 24.1 Å². The highest BCUT2D eigenvalue weighted by Gasteiger charge is 2.49. The predicted molar refractivity (Wildman–Crippen MR) is 246 cm³/mol. The zero-order valence-electron chi connectivity index (χ0n) is 39.6. The first-order chi connectivity index (χ1) is 28.5. The quantitative estimate of drug-likeness (QED) is 0.129. The van der Waals surface area contributed by atoms with Crippen LogP contribution in [0.2, 0.25) is 0 Å². The van der Waals surface area contributed by atoms with Crippen LogP contribution < -0.4 is 0 Å². The van der Waals surface area contributed by atoms with Crippen molar-refractivity contribution in [3.63, 3.8) is 0 Å². The number of thioether (sulfide) groups is 1. The summed E-state index contributed by atoms with van der Waals surface area (Å²) in [5, 5.41) is 8.66. The molecule has 3 rings (SSSR count). The van der Waals surface area contributed by atoms with E-state index in [2.05, 4.69) is 15.9 Å². The van der Waals surface area contributed by atoms with Gasteiger partial charge in [0.1, 0.15) is 20.1 Å². The van der Waals surface area contributed by atoms with Crippen LogP contribution in [0, 0.1) is 0 Å². The Bertz CT molecular complexity index is 1790. The first-order valence-corrected chi connectivity index (χ1v) is 26.1. The molecule has 3 heterocycles. The summed E-state index contributed by atoms with van der Waals surface area (Å²) in [6.07, 6.45) is 2.73. The number of halogens is 1. The highest BCUT2D eigenvalue weighted by molar-refractivity contribution is 9.10. The number of sulfonamides is 2. The molecule has 0 amide bonds. The van der Waals surface area contributed by atoms with Crippen molar-refractivity contribution in [3.05, 3.63) is 0 Å². The summed E-state index contributed by atoms with van der Waals surface area (Å²) in [6, 6.07) is 0. The molecule has 1 atom stereocenters. The molecule has 3 aliphatic rings. The number of ether oxygens (including phenoxy) is 4. The van der Waals surface area contributed by atoms with Crippen molar-refractivity contribution in [2.75, 3.05) is 65.7 Å². The number of carboxylic acid groups (broad SMARTS) is 1. The highest BCUT2D eigenvalue weighted by Crippen LogP contribution is 2.28. The van der Waals surface area contributed by atoms with Crippen LogP contribution in [0.25, 0.3) is 0 Å². The number of carbonyl (C=O) groups is 6. The van der Waals surface area contributed by atoms with Gasteiger partial charge in [-0.1, -0.05) is 27.7 Å². The van der Waals surface area contributed by atoms with Crippen molar-refractivity contribution in [3.8, 4) is 0 Å². The van der Waals surface area contributed by atoms with Crippen LogP contribution in [0.4, 0.5) is 0 Å². The van der Waals surface area contributed by atoms with E-state index in [1.165, 1.54) is 43.2 Å². The van der Waals surface area contributed by atoms with E-state index in [9.17, 15) is 49.8 Å². The maximum Gasteiger partial charge on any atom is 0.328 e. The van der Waals surface area contributed by atoms with Gasteiger partial charge in [-0.15, -0.1) is 0 Å². The standard InChI is InChI=1S/C9H17NO4S.C9H17NO3S.C8H14O3S.C7H13NO4S.C6H11BrO2/c1-4-14-8(11)9(2,3)15(12,13)10-6-5-7-10;1-4-13-8(11)9(2,3)14(12)10-6-5-7-10;1-5-11-7(10)8(3,4)12-6(2)9;1-7(2,6(9)10)13(11,12)8-4-3-5-8;1-4-9-5(8)6(2,3)7/h4-7H2,1-3H3;4-7H2,1-3H3;5H2,1-4H3;3-5H2,1-2H3,(H,9,10);4H2,1-3H3. The third kappa shape index (κ3) is 18.9. The molecule has 0 aliphatic carbocycles. The summed E-state index contributed by atoms with van der Waals surface area (Å²) in [4.78, 5) is 66.5. The average molecular weight is 1050 g/mol. The maximum absolute atomic E-state index is 12.0. The number of aliphatic carboxylic acids is 1. The van der Waals surface area contributed by atoms with Crippen LogP contribution in [-0.4, -0.2) is 163 Å². The second-order valence-corrected chi connectivity index (χ2v) is 27.1. The number of nitrogens with zero attached hydrogens (tertiary/aromatic N) is 3. The smallest absolute Gasteiger partial charge is 0.328 e. The van der Waals surface area contributed by atoms with Gasteiger partial charge in [0.2, 0.25) is 20.0 Å². The Morgan fingerprint density at radius 3 is 1.19 bits per heavy atom. The van der Waals surface area contributed by atoms with Crippen molar-refractivity contribution in [2.24, 2.45) is 0 Å². The van der Waals surface area contributed by atoms with Gasteiger partial charge < -0.3 is 24.1 Å². The van der Waals surface area contributed by atoms with E-state index in [1.54, 1.807) is 73.5 Å². The Morgan fingerprint density at radius 1 is 0.587 bits per heavy atom. The van der Waals surface area contributed by atoms with Gasteiger partial charge in [0.15, 0.2) is 19.4 Å². The van der Waals surface area contributed by atoms with Crippen molar-refractivity contribution in [1.29, 1.82) is 0 Å². The minimum Gasteiger partial charge on any atom is -0.480 e. The van der Waals surface area contributed by atoms with Crippen LogP contribution >= 0.6 is 27.7 Å². The summed E-state index contributed by atoms with van der Waals surface area (Å²) in [7, 11) is -8.49. The lowest BCUT2D eigenvalue weighted by Gasteiger charge is -2.35. The first-order valence-electron chi connectivity index (χ1n) is 20.5. The molecule has 3 fully saturated rings. The van der Waals surface area contributed by atoms with E-state index in [0.717, 1.165) is 44.1 Å². The van der Waals surface area contributed by atoms with E-state index >= 15 is 0 Å². The number of hydrogen-bond donors (Lipinski definition) is 1. The lowest BCUT2D eigenvalue weighted by molar-refractivity contribution is -0.146. The van der Waals surface area contributed by atoms with Crippen molar-refractivity contribution < 1.29 is 73.9 Å². The normalized spacial score (nSPS) is 16.5. The summed E-state index contributed by atoms with van der Waals surface area (Å²) in [5.41, 5.74) is 0. The van der Waals surface area contributed by atoms with Gasteiger partial charge in [-0.2, -0.15) is 0 Å². The van der Waals surface area contributed by atoms with Gasteiger partial charge >= 0.3 is 29.8 Å². The molecule has 0 spiro atoms. The second kappa shape index (κ2) is 26.8. The second-order valence-electron chi connectivity index (χ2n) is 16.3. The van der Waals surface area contributed by atoms with Crippen molar-refractivity contribution >= 4 is 93.7 Å². The molecule has 19 nitrogen and oxygen atoms in total. The largest absolute Gasteiger partial charge is 0.480 e. The number of carboxylic acids is 1. The van der Waals surface area contributed by atoms with Crippen molar-refractivity contribution in [2.45, 2.75) is 146 Å². The van der Waals surface area contributed by atoms with Crippen molar-refractivity contribution in [1.82, 2.24) is 12.9 Å². The molecule has 3 saturated heterocycles. The Labute approximate surface area is 390 Å². The van der Waals surface area contributed by atoms with E-state index in [0.29, 0.717) is 46.0 Å². The number of esters is 4. The van der Waals surface area contributed by atoms with Gasteiger partial charge in [-0.3, -0.25) is 28.8 Å². The molecule has 1 unspecified atom stereocenters. The predicted octanol–water partition coefficient (Wildman–Crippen LogP) is 4.28. The van der Waals surface area contributed by atoms with Crippen LogP contribution in [0.15, 0.2) is 0 Å². The van der Waals surface area contributed by atoms with Crippen LogP contribution in [-0.2, 0) is 78.7 Å². The topological polar surface area (TPSA) is 255 Å². The summed E-state index contributed by atoms with van der Waals surface area (Å²) in [5.74, 6) is -2.93. The number of hydrogen-bond acceptors (Lipinski definition) is 16. The minimum atomic E-state index is -3.67. The number of rotatable bonds is 16. The summed E-state index contributed by atoms with van der Waals surface area (Å²) < 4.78 is 77.2. The third-order valence-corrected chi connectivity index (χ3v) is 17.2. The maximum atomic E-state index is 12.0. The van der Waals surface area contributed by atoms with E-state index < -0.39 is 66.3 Å². The first kappa shape index (κ1) is 62.9. The highest BCUT2D eigenvalue weighted by atomic mass is 79.9. The average Bonchev–Trinajstić information content (AvgIpc) is 3.06. The SMILES string of the molecule is CC(C)(C(=O)O)S(=O)(=O)N1CCC1.CCOC(=O)C(C)(C)Br.CCOC(=O)C(C)(C)S(=O)(=O)N1CCC1.CCOC(=O)C(C)(C)S(=O)N1CCC1.CCOC(=O)C(C)(C)SC(C)=O. The number of alkyl halides is 1. The molecular formula is C39H72BrN3O16S4. The lowest BCUT2D eigenvalue weighted by Crippen LogP contribution is -2.54. The molecule has 3 aliphatic heterocycles. The Hall–Kier alpha value is -2.22. The van der Waals surface area contributed by atoms with Gasteiger partial charge in [0.25, 0.3) is 0 Å². The molecule has 0 aromatic heterocycles. The Balaban J connectivity index is 0. The molecule has 370 valence electrons. The summed E-state index contributed by atoms with van der Waals surface area (Å²) in [6.45, 7) is 28.6. The summed E-state index contributed by atoms with van der Waals surface area (Å²) >= 11 is 4.16. The van der Waals surface area contributed by atoms with Gasteiger partial charge in [0, 0.05) is 46.2 Å². The van der Waals surface area contributed by atoms with E-state index in [-0.39, 0.29) is 29.6 Å². The van der Waals surface area contributed by atoms with Crippen LogP contribution in [0.5, 0.6) is 0 Å².